The molecule has 0 spiro atoms. The Labute approximate surface area is 142 Å². The minimum Gasteiger partial charge on any atom is -0.484 e. The second-order valence-corrected chi connectivity index (χ2v) is 5.10. The first-order chi connectivity index (χ1) is 11.5. The highest BCUT2D eigenvalue weighted by atomic mass is 35.5. The van der Waals surface area contributed by atoms with Crippen LogP contribution in [0.2, 0.25) is 5.02 Å². The lowest BCUT2D eigenvalue weighted by Gasteiger charge is -2.04. The molecular formula is C16H14ClN3O4. The van der Waals surface area contributed by atoms with Crippen LogP contribution in [0.5, 0.6) is 5.75 Å². The van der Waals surface area contributed by atoms with Gasteiger partial charge in [-0.3, -0.25) is 10.2 Å². The van der Waals surface area contributed by atoms with Crippen molar-refractivity contribution < 1.29 is 19.4 Å². The van der Waals surface area contributed by atoms with Gasteiger partial charge in [0.05, 0.1) is 22.5 Å². The van der Waals surface area contributed by atoms with Crippen LogP contribution in [-0.4, -0.2) is 29.8 Å². The highest BCUT2D eigenvalue weighted by molar-refractivity contribution is 6.33. The SMILES string of the molecule is NC(=O)COc1ccc(C=NNc2ccc(Cl)c(C(=O)O)c2)cc1. The molecule has 2 rings (SSSR count). The zero-order valence-electron chi connectivity index (χ0n) is 12.4. The summed E-state index contributed by atoms with van der Waals surface area (Å²) in [5.41, 5.74) is 8.98. The molecular weight excluding hydrogens is 334 g/mol. The largest absolute Gasteiger partial charge is 0.484 e. The Morgan fingerprint density at radius 1 is 1.25 bits per heavy atom. The van der Waals surface area contributed by atoms with E-state index in [0.717, 1.165) is 5.56 Å². The average molecular weight is 348 g/mol. The molecule has 0 fully saturated rings. The van der Waals surface area contributed by atoms with Gasteiger partial charge in [-0.1, -0.05) is 11.6 Å². The molecule has 7 nitrogen and oxygen atoms in total. The van der Waals surface area contributed by atoms with Crippen LogP contribution >= 0.6 is 11.6 Å². The topological polar surface area (TPSA) is 114 Å². The van der Waals surface area contributed by atoms with Gasteiger partial charge in [-0.15, -0.1) is 0 Å². The first kappa shape index (κ1) is 17.3. The van der Waals surface area contributed by atoms with E-state index >= 15 is 0 Å². The van der Waals surface area contributed by atoms with Crippen molar-refractivity contribution in [1.82, 2.24) is 0 Å². The van der Waals surface area contributed by atoms with E-state index in [0.29, 0.717) is 11.4 Å². The second-order valence-electron chi connectivity index (χ2n) is 4.69. The second kappa shape index (κ2) is 7.98. The molecule has 124 valence electrons. The highest BCUT2D eigenvalue weighted by Crippen LogP contribution is 2.20. The molecule has 24 heavy (non-hydrogen) atoms. The molecule has 0 atom stereocenters. The Morgan fingerprint density at radius 3 is 2.58 bits per heavy atom. The number of carboxylic acids is 1. The summed E-state index contributed by atoms with van der Waals surface area (Å²) in [6.07, 6.45) is 1.55. The number of nitrogens with two attached hydrogens (primary N) is 1. The Kier molecular flexibility index (Phi) is 5.75. The third-order valence-electron chi connectivity index (χ3n) is 2.87. The third-order valence-corrected chi connectivity index (χ3v) is 3.19. The predicted molar refractivity (Wildman–Crippen MR) is 90.8 cm³/mol. The van der Waals surface area contributed by atoms with E-state index in [4.69, 9.17) is 27.2 Å². The van der Waals surface area contributed by atoms with Crippen LogP contribution in [0.4, 0.5) is 5.69 Å². The lowest BCUT2D eigenvalue weighted by Crippen LogP contribution is -2.19. The van der Waals surface area contributed by atoms with Gasteiger partial charge in [-0.05, 0) is 48.0 Å². The van der Waals surface area contributed by atoms with Gasteiger partial charge in [-0.25, -0.2) is 4.79 Å². The number of hydrazone groups is 1. The van der Waals surface area contributed by atoms with Gasteiger partial charge in [-0.2, -0.15) is 5.10 Å². The van der Waals surface area contributed by atoms with Crippen molar-refractivity contribution in [2.24, 2.45) is 10.8 Å². The number of carbonyl (C=O) groups excluding carboxylic acids is 1. The summed E-state index contributed by atoms with van der Waals surface area (Å²) >= 11 is 5.79. The highest BCUT2D eigenvalue weighted by Gasteiger charge is 2.08. The molecule has 2 aromatic carbocycles. The van der Waals surface area contributed by atoms with Gasteiger partial charge in [0.1, 0.15) is 5.75 Å². The summed E-state index contributed by atoms with van der Waals surface area (Å²) in [4.78, 5) is 21.6. The monoisotopic (exact) mass is 347 g/mol. The van der Waals surface area contributed by atoms with E-state index in [1.807, 2.05) is 0 Å². The van der Waals surface area contributed by atoms with Gasteiger partial charge in [0.2, 0.25) is 0 Å². The van der Waals surface area contributed by atoms with E-state index in [-0.39, 0.29) is 17.2 Å². The van der Waals surface area contributed by atoms with Gasteiger partial charge in [0, 0.05) is 0 Å². The fourth-order valence-corrected chi connectivity index (χ4v) is 1.94. The normalized spacial score (nSPS) is 10.5. The maximum absolute atomic E-state index is 11.0. The van der Waals surface area contributed by atoms with Gasteiger partial charge in [0.25, 0.3) is 5.91 Å². The maximum Gasteiger partial charge on any atom is 0.337 e. The zero-order chi connectivity index (χ0) is 17.5. The Balaban J connectivity index is 1.98. The molecule has 0 radical (unpaired) electrons. The van der Waals surface area contributed by atoms with Gasteiger partial charge in [0.15, 0.2) is 6.61 Å². The molecule has 2 aromatic rings. The van der Waals surface area contributed by atoms with Crippen LogP contribution in [0.25, 0.3) is 0 Å². The van der Waals surface area contributed by atoms with Crippen molar-refractivity contribution in [3.05, 3.63) is 58.6 Å². The summed E-state index contributed by atoms with van der Waals surface area (Å²) < 4.78 is 5.14. The van der Waals surface area contributed by atoms with Crippen LogP contribution < -0.4 is 15.9 Å². The number of hydrogen-bond acceptors (Lipinski definition) is 5. The summed E-state index contributed by atoms with van der Waals surface area (Å²) in [7, 11) is 0. The van der Waals surface area contributed by atoms with Crippen molar-refractivity contribution in [3.63, 3.8) is 0 Å². The van der Waals surface area contributed by atoms with E-state index < -0.39 is 11.9 Å². The number of carbonyl (C=O) groups is 2. The standard InChI is InChI=1S/C16H14ClN3O4/c17-14-6-3-11(7-13(14)16(22)23)20-19-8-10-1-4-12(5-2-10)24-9-15(18)21/h1-8,20H,9H2,(H2,18,21)(H,22,23). The number of aromatic carboxylic acids is 1. The lowest BCUT2D eigenvalue weighted by atomic mass is 10.2. The lowest BCUT2D eigenvalue weighted by molar-refractivity contribution is -0.119. The molecule has 0 heterocycles. The number of carboxylic acid groups (broad SMARTS) is 1. The van der Waals surface area contributed by atoms with Crippen LogP contribution in [-0.2, 0) is 4.79 Å². The molecule has 1 amide bonds. The molecule has 4 N–H and O–H groups in total. The van der Waals surface area contributed by atoms with Crippen LogP contribution in [0.3, 0.4) is 0 Å². The zero-order valence-corrected chi connectivity index (χ0v) is 13.2. The van der Waals surface area contributed by atoms with Crippen LogP contribution in [0.1, 0.15) is 15.9 Å². The van der Waals surface area contributed by atoms with Gasteiger partial charge < -0.3 is 15.6 Å². The number of primary amides is 1. The number of rotatable bonds is 7. The van der Waals surface area contributed by atoms with E-state index in [2.05, 4.69) is 10.5 Å². The van der Waals surface area contributed by atoms with Crippen LogP contribution in [0, 0.1) is 0 Å². The average Bonchev–Trinajstić information content (AvgIpc) is 2.55. The minimum absolute atomic E-state index is 0.00665. The first-order valence-corrected chi connectivity index (χ1v) is 7.16. The first-order valence-electron chi connectivity index (χ1n) is 6.79. The smallest absolute Gasteiger partial charge is 0.337 e. The number of hydrogen-bond donors (Lipinski definition) is 3. The molecule has 0 bridgehead atoms. The summed E-state index contributed by atoms with van der Waals surface area (Å²) in [6, 6.07) is 11.3. The van der Waals surface area contributed by atoms with E-state index in [9.17, 15) is 9.59 Å². The molecule has 0 aliphatic carbocycles. The molecule has 8 heteroatoms. The molecule has 0 aromatic heterocycles. The summed E-state index contributed by atoms with van der Waals surface area (Å²) in [6.45, 7) is -0.183. The van der Waals surface area contributed by atoms with Gasteiger partial charge >= 0.3 is 5.97 Å². The van der Waals surface area contributed by atoms with Crippen molar-refractivity contribution in [2.75, 3.05) is 12.0 Å². The minimum atomic E-state index is -1.11. The molecule has 0 saturated carbocycles. The number of halogens is 1. The summed E-state index contributed by atoms with van der Waals surface area (Å²) in [5, 5.41) is 13.2. The summed E-state index contributed by atoms with van der Waals surface area (Å²) in [5.74, 6) is -1.14. The number of amides is 1. The van der Waals surface area contributed by atoms with Crippen molar-refractivity contribution in [3.8, 4) is 5.75 Å². The molecule has 0 aliphatic rings. The Hall–Kier alpha value is -3.06. The molecule has 0 unspecified atom stereocenters. The number of nitrogens with zero attached hydrogens (tertiary/aromatic N) is 1. The Morgan fingerprint density at radius 2 is 1.96 bits per heavy atom. The van der Waals surface area contributed by atoms with Crippen molar-refractivity contribution in [2.45, 2.75) is 0 Å². The van der Waals surface area contributed by atoms with Crippen molar-refractivity contribution in [1.29, 1.82) is 0 Å². The number of ether oxygens (including phenoxy) is 1. The predicted octanol–water partition coefficient (Wildman–Crippen LogP) is 2.35. The fourth-order valence-electron chi connectivity index (χ4n) is 1.74. The Bertz CT molecular complexity index is 775. The molecule has 0 saturated heterocycles. The maximum atomic E-state index is 11.0. The number of benzene rings is 2. The number of anilines is 1. The quantitative estimate of drug-likeness (QED) is 0.525. The van der Waals surface area contributed by atoms with E-state index in [1.54, 1.807) is 36.5 Å². The fraction of sp³-hybridized carbons (Fsp3) is 0.0625. The van der Waals surface area contributed by atoms with Crippen molar-refractivity contribution >= 4 is 35.4 Å². The van der Waals surface area contributed by atoms with Crippen LogP contribution in [0.15, 0.2) is 47.6 Å². The number of nitrogens with one attached hydrogen (secondary N) is 1. The van der Waals surface area contributed by atoms with E-state index in [1.165, 1.54) is 12.1 Å². The molecule has 0 aliphatic heterocycles. The third kappa shape index (κ3) is 4.99.